The zero-order valence-corrected chi connectivity index (χ0v) is 12.1. The Morgan fingerprint density at radius 3 is 2.83 bits per heavy atom. The van der Waals surface area contributed by atoms with Gasteiger partial charge in [0, 0.05) is 19.6 Å². The quantitative estimate of drug-likeness (QED) is 0.908. The van der Waals surface area contributed by atoms with Gasteiger partial charge in [0.15, 0.2) is 0 Å². The first kappa shape index (κ1) is 13.1. The maximum absolute atomic E-state index is 10.8. The average Bonchev–Trinajstić information content (AvgIpc) is 2.80. The number of rotatable bonds is 3. The molecular weight excluding hydrogens is 334 g/mol. The van der Waals surface area contributed by atoms with Crippen molar-refractivity contribution >= 4 is 45.0 Å². The van der Waals surface area contributed by atoms with Crippen LogP contribution in [0.5, 0.6) is 0 Å². The zero-order valence-electron chi connectivity index (χ0n) is 8.88. The summed E-state index contributed by atoms with van der Waals surface area (Å²) in [5, 5.41) is 19.7. The van der Waals surface area contributed by atoms with E-state index in [1.54, 1.807) is 17.5 Å². The van der Waals surface area contributed by atoms with Gasteiger partial charge in [0.2, 0.25) is 0 Å². The Bertz CT molecular complexity index is 646. The summed E-state index contributed by atoms with van der Waals surface area (Å²) in [4.78, 5) is 12.7. The minimum Gasteiger partial charge on any atom is -0.477 e. The van der Waals surface area contributed by atoms with Gasteiger partial charge in [-0.25, -0.2) is 4.79 Å². The predicted molar refractivity (Wildman–Crippen MR) is 74.3 cm³/mol. The highest BCUT2D eigenvalue weighted by Gasteiger charge is 2.10. The Labute approximate surface area is 120 Å². The number of hydrogen-bond acceptors (Lipinski definition) is 4. The van der Waals surface area contributed by atoms with Crippen molar-refractivity contribution in [1.29, 1.82) is 5.26 Å². The van der Waals surface area contributed by atoms with Gasteiger partial charge in [-0.3, -0.25) is 0 Å². The Morgan fingerprint density at radius 1 is 1.44 bits per heavy atom. The van der Waals surface area contributed by atoms with Gasteiger partial charge in [-0.15, -0.1) is 11.3 Å². The van der Waals surface area contributed by atoms with Gasteiger partial charge in [-0.1, -0.05) is 27.7 Å². The number of carboxylic acid groups (broad SMARTS) is 1. The molecule has 2 rings (SSSR count). The molecule has 0 unspecified atom stereocenters. The number of benzene rings is 1. The summed E-state index contributed by atoms with van der Waals surface area (Å²) in [6, 6.07) is 9.17. The van der Waals surface area contributed by atoms with Crippen LogP contribution in [0, 0.1) is 11.3 Å². The number of nitriles is 1. The summed E-state index contributed by atoms with van der Waals surface area (Å²) in [5.41, 5.74) is 0.567. The number of hydrogen-bond donors (Lipinski definition) is 1. The fourth-order valence-electron chi connectivity index (χ4n) is 1.29. The maximum Gasteiger partial charge on any atom is 0.345 e. The molecule has 0 saturated carbocycles. The second-order valence-electron chi connectivity index (χ2n) is 3.31. The van der Waals surface area contributed by atoms with Crippen molar-refractivity contribution in [3.8, 4) is 6.07 Å². The molecule has 0 fully saturated rings. The lowest BCUT2D eigenvalue weighted by molar-refractivity contribution is 0.0702. The molecule has 0 aliphatic carbocycles. The summed E-state index contributed by atoms with van der Waals surface area (Å²) < 4.78 is 0.847. The molecule has 0 saturated heterocycles. The van der Waals surface area contributed by atoms with Crippen LogP contribution < -0.4 is 0 Å². The lowest BCUT2D eigenvalue weighted by Gasteiger charge is -2.02. The van der Waals surface area contributed by atoms with E-state index in [9.17, 15) is 4.79 Å². The van der Waals surface area contributed by atoms with E-state index in [1.165, 1.54) is 23.1 Å². The van der Waals surface area contributed by atoms with Gasteiger partial charge >= 0.3 is 5.97 Å². The first-order valence-corrected chi connectivity index (χ1v) is 7.28. The minimum absolute atomic E-state index is 0.299. The Morgan fingerprint density at radius 2 is 2.22 bits per heavy atom. The molecule has 6 heteroatoms. The smallest absolute Gasteiger partial charge is 0.345 e. The highest BCUT2D eigenvalue weighted by Crippen LogP contribution is 2.34. The Kier molecular flexibility index (Phi) is 4.07. The summed E-state index contributed by atoms with van der Waals surface area (Å²) in [6.07, 6.45) is 0. The lowest BCUT2D eigenvalue weighted by Crippen LogP contribution is -1.89. The van der Waals surface area contributed by atoms with E-state index < -0.39 is 5.97 Å². The van der Waals surface area contributed by atoms with Crippen LogP contribution in [0.15, 0.2) is 43.9 Å². The molecular formula is C12H6BrNO2S2. The third-order valence-corrected chi connectivity index (χ3v) is 4.68. The molecule has 1 aromatic carbocycles. The van der Waals surface area contributed by atoms with Gasteiger partial charge in [-0.05, 0) is 24.3 Å². The van der Waals surface area contributed by atoms with Crippen LogP contribution in [-0.2, 0) is 0 Å². The molecule has 1 heterocycles. The Balaban J connectivity index is 2.28. The summed E-state index contributed by atoms with van der Waals surface area (Å²) in [6.45, 7) is 0. The average molecular weight is 340 g/mol. The number of aromatic carboxylic acids is 1. The van der Waals surface area contributed by atoms with Crippen molar-refractivity contribution in [3.63, 3.8) is 0 Å². The number of nitrogens with zero attached hydrogens (tertiary/aromatic N) is 1. The standard InChI is InChI=1S/C12H6BrNO2S2/c13-8-1-2-10(7(3-8)5-14)18-9-4-11(12(15)16)17-6-9/h1-4,6H,(H,15,16). The van der Waals surface area contributed by atoms with Crippen LogP contribution in [0.25, 0.3) is 0 Å². The molecule has 2 aromatic rings. The minimum atomic E-state index is -0.928. The zero-order chi connectivity index (χ0) is 13.1. The molecule has 0 aliphatic heterocycles. The van der Waals surface area contributed by atoms with Crippen LogP contribution in [0.4, 0.5) is 0 Å². The van der Waals surface area contributed by atoms with Crippen LogP contribution in [0.3, 0.4) is 0 Å². The first-order chi connectivity index (χ1) is 8.60. The molecule has 0 spiro atoms. The third-order valence-electron chi connectivity index (χ3n) is 2.08. The molecule has 0 radical (unpaired) electrons. The first-order valence-electron chi connectivity index (χ1n) is 4.79. The summed E-state index contributed by atoms with van der Waals surface area (Å²) >= 11 is 5.88. The molecule has 0 amide bonds. The monoisotopic (exact) mass is 339 g/mol. The van der Waals surface area contributed by atoms with Gasteiger partial charge in [0.1, 0.15) is 10.9 Å². The van der Waals surface area contributed by atoms with Crippen molar-refractivity contribution in [2.45, 2.75) is 9.79 Å². The second kappa shape index (κ2) is 5.57. The van der Waals surface area contributed by atoms with Crippen molar-refractivity contribution < 1.29 is 9.90 Å². The second-order valence-corrected chi connectivity index (χ2v) is 6.25. The SMILES string of the molecule is N#Cc1cc(Br)ccc1Sc1csc(C(=O)O)c1. The molecule has 0 bridgehead atoms. The molecule has 1 N–H and O–H groups in total. The van der Waals surface area contributed by atoms with E-state index in [0.717, 1.165) is 14.3 Å². The van der Waals surface area contributed by atoms with Gasteiger partial charge in [-0.2, -0.15) is 5.26 Å². The number of halogens is 1. The molecule has 3 nitrogen and oxygen atoms in total. The molecule has 1 aromatic heterocycles. The number of carbonyl (C=O) groups is 1. The third kappa shape index (κ3) is 2.93. The van der Waals surface area contributed by atoms with Crippen LogP contribution >= 0.6 is 39.0 Å². The predicted octanol–water partition coefficient (Wildman–Crippen LogP) is 4.23. The number of carboxylic acids is 1. The van der Waals surface area contributed by atoms with Crippen LogP contribution in [0.1, 0.15) is 15.2 Å². The van der Waals surface area contributed by atoms with Gasteiger partial charge in [0.05, 0.1) is 5.56 Å². The van der Waals surface area contributed by atoms with Crippen molar-refractivity contribution in [1.82, 2.24) is 0 Å². The van der Waals surface area contributed by atoms with E-state index in [0.29, 0.717) is 10.4 Å². The lowest BCUT2D eigenvalue weighted by atomic mass is 10.2. The van der Waals surface area contributed by atoms with Crippen molar-refractivity contribution in [3.05, 3.63) is 44.6 Å². The summed E-state index contributed by atoms with van der Waals surface area (Å²) in [5.74, 6) is -0.928. The van der Waals surface area contributed by atoms with E-state index in [1.807, 2.05) is 12.1 Å². The van der Waals surface area contributed by atoms with Gasteiger partial charge < -0.3 is 5.11 Å². The molecule has 90 valence electrons. The van der Waals surface area contributed by atoms with E-state index in [4.69, 9.17) is 10.4 Å². The summed E-state index contributed by atoms with van der Waals surface area (Å²) in [7, 11) is 0. The topological polar surface area (TPSA) is 61.1 Å². The fourth-order valence-corrected chi connectivity index (χ4v) is 3.45. The molecule has 0 aliphatic rings. The van der Waals surface area contributed by atoms with E-state index >= 15 is 0 Å². The normalized spacial score (nSPS) is 10.0. The highest BCUT2D eigenvalue weighted by atomic mass is 79.9. The van der Waals surface area contributed by atoms with Crippen LogP contribution in [0.2, 0.25) is 0 Å². The molecule has 18 heavy (non-hydrogen) atoms. The van der Waals surface area contributed by atoms with Crippen LogP contribution in [-0.4, -0.2) is 11.1 Å². The van der Waals surface area contributed by atoms with E-state index in [-0.39, 0.29) is 0 Å². The maximum atomic E-state index is 10.8. The van der Waals surface area contributed by atoms with Crippen molar-refractivity contribution in [2.75, 3.05) is 0 Å². The largest absolute Gasteiger partial charge is 0.477 e. The molecule has 0 atom stereocenters. The fraction of sp³-hybridized carbons (Fsp3) is 0. The number of thiophene rings is 1. The Hall–Kier alpha value is -1.29. The van der Waals surface area contributed by atoms with Crippen molar-refractivity contribution in [2.24, 2.45) is 0 Å². The highest BCUT2D eigenvalue weighted by molar-refractivity contribution is 9.10. The van der Waals surface area contributed by atoms with Gasteiger partial charge in [0.25, 0.3) is 0 Å². The van der Waals surface area contributed by atoms with E-state index in [2.05, 4.69) is 22.0 Å².